The van der Waals surface area contributed by atoms with E-state index in [1.165, 1.54) is 4.90 Å². The first-order valence-corrected chi connectivity index (χ1v) is 7.68. The molecule has 0 saturated carbocycles. The van der Waals surface area contributed by atoms with Gasteiger partial charge in [-0.15, -0.1) is 6.58 Å². The summed E-state index contributed by atoms with van der Waals surface area (Å²) in [5.41, 5.74) is 0. The van der Waals surface area contributed by atoms with E-state index in [1.54, 1.807) is 25.1 Å². The average molecular weight is 407 g/mol. The molecule has 0 aliphatic carbocycles. The molecule has 0 aromatic carbocycles. The van der Waals surface area contributed by atoms with E-state index >= 15 is 0 Å². The molecule has 2 amide bonds. The third-order valence-electron chi connectivity index (χ3n) is 2.51. The molecule has 1 fully saturated rings. The molecule has 19 heavy (non-hydrogen) atoms. The van der Waals surface area contributed by atoms with Gasteiger partial charge in [0.1, 0.15) is 5.76 Å². The smallest absolute Gasteiger partial charge is 0.294 e. The maximum absolute atomic E-state index is 12.1. The van der Waals surface area contributed by atoms with Crippen molar-refractivity contribution in [2.75, 3.05) is 0 Å². The van der Waals surface area contributed by atoms with Gasteiger partial charge >= 0.3 is 0 Å². The summed E-state index contributed by atoms with van der Waals surface area (Å²) in [5.74, 6) is 0.168. The molecule has 100 valence electrons. The summed E-state index contributed by atoms with van der Waals surface area (Å²) in [6.07, 6.45) is 3.11. The standard InChI is InChI=1S/C12H9Br2NO3S/c1-3-6(2)15-11(16)9(19-12(15)17)5-7-4-8(13)10(14)18-7/h3-6H,1H2,2H3/b9-5-/t6-/m0/s1. The molecule has 1 aromatic rings. The summed E-state index contributed by atoms with van der Waals surface area (Å²) in [4.78, 5) is 25.4. The quantitative estimate of drug-likeness (QED) is 0.550. The molecule has 0 radical (unpaired) electrons. The van der Waals surface area contributed by atoms with Crippen LogP contribution >= 0.6 is 43.6 Å². The van der Waals surface area contributed by atoms with E-state index in [4.69, 9.17) is 4.42 Å². The first kappa shape index (κ1) is 14.6. The second-order valence-electron chi connectivity index (χ2n) is 3.80. The van der Waals surface area contributed by atoms with Crippen molar-refractivity contribution in [2.45, 2.75) is 13.0 Å². The monoisotopic (exact) mass is 405 g/mol. The molecule has 0 unspecified atom stereocenters. The van der Waals surface area contributed by atoms with Crippen molar-refractivity contribution < 1.29 is 14.0 Å². The fraction of sp³-hybridized carbons (Fsp3) is 0.167. The zero-order valence-electron chi connectivity index (χ0n) is 9.85. The van der Waals surface area contributed by atoms with Crippen molar-refractivity contribution in [3.63, 3.8) is 0 Å². The third-order valence-corrected chi connectivity index (χ3v) is 5.10. The number of carbonyl (C=O) groups excluding carboxylic acids is 2. The van der Waals surface area contributed by atoms with E-state index in [0.29, 0.717) is 15.3 Å². The third kappa shape index (κ3) is 2.88. The molecule has 1 aliphatic rings. The van der Waals surface area contributed by atoms with Crippen molar-refractivity contribution in [3.05, 3.63) is 38.5 Å². The number of imide groups is 1. The van der Waals surface area contributed by atoms with Crippen LogP contribution in [0.3, 0.4) is 0 Å². The van der Waals surface area contributed by atoms with Gasteiger partial charge in [0.2, 0.25) is 0 Å². The van der Waals surface area contributed by atoms with Crippen LogP contribution in [0.2, 0.25) is 0 Å². The van der Waals surface area contributed by atoms with Crippen LogP contribution in [-0.4, -0.2) is 22.1 Å². The summed E-state index contributed by atoms with van der Waals surface area (Å²) in [6, 6.07) is 1.39. The number of carbonyl (C=O) groups is 2. The zero-order valence-corrected chi connectivity index (χ0v) is 13.8. The number of rotatable bonds is 3. The summed E-state index contributed by atoms with van der Waals surface area (Å²) >= 11 is 7.40. The SMILES string of the molecule is C=C[C@H](C)N1C(=O)S/C(=C\c2cc(Br)c(Br)o2)C1=O. The van der Waals surface area contributed by atoms with E-state index in [-0.39, 0.29) is 17.2 Å². The lowest BCUT2D eigenvalue weighted by Crippen LogP contribution is -2.35. The molecule has 1 atom stereocenters. The van der Waals surface area contributed by atoms with Gasteiger partial charge < -0.3 is 4.42 Å². The minimum Gasteiger partial charge on any atom is -0.449 e. The fourth-order valence-electron chi connectivity index (χ4n) is 1.50. The van der Waals surface area contributed by atoms with Crippen molar-refractivity contribution in [3.8, 4) is 0 Å². The molecule has 4 nitrogen and oxygen atoms in total. The number of hydrogen-bond donors (Lipinski definition) is 0. The number of hydrogen-bond acceptors (Lipinski definition) is 4. The first-order valence-electron chi connectivity index (χ1n) is 5.28. The Bertz CT molecular complexity index is 574. The summed E-state index contributed by atoms with van der Waals surface area (Å²) in [5, 5.41) is -0.298. The largest absolute Gasteiger partial charge is 0.449 e. The minimum absolute atomic E-state index is 0.298. The van der Waals surface area contributed by atoms with Crippen molar-refractivity contribution in [1.82, 2.24) is 4.90 Å². The molecule has 0 N–H and O–H groups in total. The van der Waals surface area contributed by atoms with Crippen LogP contribution in [0, 0.1) is 0 Å². The second kappa shape index (κ2) is 5.68. The van der Waals surface area contributed by atoms with Gasteiger partial charge in [-0.05, 0) is 56.6 Å². The van der Waals surface area contributed by atoms with Crippen molar-refractivity contribution in [1.29, 1.82) is 0 Å². The van der Waals surface area contributed by atoms with Crippen LogP contribution in [0.25, 0.3) is 6.08 Å². The highest BCUT2D eigenvalue weighted by molar-refractivity contribution is 9.13. The highest BCUT2D eigenvalue weighted by Gasteiger charge is 2.37. The van der Waals surface area contributed by atoms with E-state index in [0.717, 1.165) is 16.2 Å². The number of furan rings is 1. The van der Waals surface area contributed by atoms with Gasteiger partial charge in [0, 0.05) is 6.08 Å². The number of halogens is 2. The fourth-order valence-corrected chi connectivity index (χ4v) is 3.00. The molecule has 2 heterocycles. The summed E-state index contributed by atoms with van der Waals surface area (Å²) in [6.45, 7) is 5.33. The van der Waals surface area contributed by atoms with Gasteiger partial charge in [-0.1, -0.05) is 6.08 Å². The van der Waals surface area contributed by atoms with Crippen LogP contribution in [0.4, 0.5) is 4.79 Å². The molecular formula is C12H9Br2NO3S. The molecule has 1 aliphatic heterocycles. The summed E-state index contributed by atoms with van der Waals surface area (Å²) < 4.78 is 6.65. The van der Waals surface area contributed by atoms with Gasteiger partial charge in [-0.25, -0.2) is 0 Å². The van der Waals surface area contributed by atoms with Gasteiger partial charge in [0.25, 0.3) is 11.1 Å². The Labute approximate surface area is 131 Å². The molecule has 2 rings (SSSR count). The lowest BCUT2D eigenvalue weighted by Gasteiger charge is -2.17. The molecule has 7 heteroatoms. The van der Waals surface area contributed by atoms with Crippen LogP contribution in [0.1, 0.15) is 12.7 Å². The summed E-state index contributed by atoms with van der Waals surface area (Å²) in [7, 11) is 0. The average Bonchev–Trinajstić information content (AvgIpc) is 2.80. The van der Waals surface area contributed by atoms with Gasteiger partial charge in [0.05, 0.1) is 15.4 Å². The van der Waals surface area contributed by atoms with Gasteiger partial charge in [0.15, 0.2) is 4.67 Å². The van der Waals surface area contributed by atoms with Gasteiger partial charge in [-0.2, -0.15) is 0 Å². The van der Waals surface area contributed by atoms with Gasteiger partial charge in [-0.3, -0.25) is 14.5 Å². The number of amides is 2. The minimum atomic E-state index is -0.328. The molecule has 0 bridgehead atoms. The van der Waals surface area contributed by atoms with E-state index in [2.05, 4.69) is 38.4 Å². The Morgan fingerprint density at radius 2 is 2.16 bits per heavy atom. The van der Waals surface area contributed by atoms with E-state index in [1.807, 2.05) is 0 Å². The van der Waals surface area contributed by atoms with Crippen LogP contribution in [-0.2, 0) is 4.79 Å². The molecular weight excluding hydrogens is 398 g/mol. The number of thioether (sulfide) groups is 1. The van der Waals surface area contributed by atoms with Crippen LogP contribution in [0.5, 0.6) is 0 Å². The van der Waals surface area contributed by atoms with Crippen molar-refractivity contribution in [2.24, 2.45) is 0 Å². The molecule has 1 aromatic heterocycles. The van der Waals surface area contributed by atoms with Crippen molar-refractivity contribution >= 4 is 60.8 Å². The van der Waals surface area contributed by atoms with Crippen LogP contribution < -0.4 is 0 Å². The Morgan fingerprint density at radius 3 is 2.68 bits per heavy atom. The Hall–Kier alpha value is -0.790. The lowest BCUT2D eigenvalue weighted by atomic mass is 10.3. The van der Waals surface area contributed by atoms with E-state index in [9.17, 15) is 9.59 Å². The number of nitrogens with zero attached hydrogens (tertiary/aromatic N) is 1. The second-order valence-corrected chi connectivity index (χ2v) is 6.37. The Balaban J connectivity index is 2.30. The highest BCUT2D eigenvalue weighted by atomic mass is 79.9. The zero-order chi connectivity index (χ0) is 14.2. The molecule has 0 spiro atoms. The molecule has 1 saturated heterocycles. The Morgan fingerprint density at radius 1 is 1.47 bits per heavy atom. The Kier molecular flexibility index (Phi) is 4.37. The maximum atomic E-state index is 12.1. The first-order chi connectivity index (χ1) is 8.93. The maximum Gasteiger partial charge on any atom is 0.294 e. The van der Waals surface area contributed by atoms with Crippen LogP contribution in [0.15, 0.2) is 37.2 Å². The topological polar surface area (TPSA) is 50.5 Å². The predicted octanol–water partition coefficient (Wildman–Crippen LogP) is 4.42. The predicted molar refractivity (Wildman–Crippen MR) is 81.6 cm³/mol. The highest BCUT2D eigenvalue weighted by Crippen LogP contribution is 2.35. The normalized spacial score (nSPS) is 19.3. The van der Waals surface area contributed by atoms with E-state index < -0.39 is 0 Å². The lowest BCUT2D eigenvalue weighted by molar-refractivity contribution is -0.123.